The molecule has 0 aliphatic carbocycles. The smallest absolute Gasteiger partial charge is 0.343 e. The van der Waals surface area contributed by atoms with Crippen molar-refractivity contribution in [2.45, 2.75) is 77.0 Å². The van der Waals surface area contributed by atoms with Crippen molar-refractivity contribution >= 4 is 0 Å². The molecule has 0 fully saturated rings. The second-order valence-electron chi connectivity index (χ2n) is 5.11. The van der Waals surface area contributed by atoms with Crippen LogP contribution in [0.4, 0.5) is 0 Å². The molecule has 0 atom stereocenters. The molecule has 0 aliphatic heterocycles. The maximum absolute atomic E-state index is 5.25. The predicted molar refractivity (Wildman–Crippen MR) is 98.6 cm³/mol. The first kappa shape index (κ1) is 30.8. The Kier molecular flexibility index (Phi) is 53.1. The van der Waals surface area contributed by atoms with Gasteiger partial charge in [-0.2, -0.15) is 19.3 Å². The predicted octanol–water partition coefficient (Wildman–Crippen LogP) is 4.02. The van der Waals surface area contributed by atoms with E-state index in [1.807, 2.05) is 0 Å². The summed E-state index contributed by atoms with van der Waals surface area (Å²) in [5.41, 5.74) is 15.7. The molecule has 0 saturated carbocycles. The molecule has 0 bridgehead atoms. The summed E-state index contributed by atoms with van der Waals surface area (Å²) in [6.07, 6.45) is 14.1. The standard InChI is InChI=1S/3C6H14N.Y/c3*1-2-3-4-5-6-7;/h3*1-7H2;/q3*-1;+3. The van der Waals surface area contributed by atoms with Gasteiger partial charge in [-0.3, -0.25) is 0 Å². The molecule has 6 N–H and O–H groups in total. The molecular weight excluding hydrogens is 347 g/mol. The summed E-state index contributed by atoms with van der Waals surface area (Å²) in [4.78, 5) is 0. The molecule has 0 spiro atoms. The molecule has 0 radical (unpaired) electrons. The number of nitrogens with two attached hydrogens (primary N) is 3. The van der Waals surface area contributed by atoms with E-state index in [4.69, 9.17) is 17.2 Å². The molecule has 4 heteroatoms. The van der Waals surface area contributed by atoms with Crippen LogP contribution < -0.4 is 17.2 Å². The van der Waals surface area contributed by atoms with Crippen LogP contribution in [-0.4, -0.2) is 19.6 Å². The molecule has 0 rings (SSSR count). The first-order chi connectivity index (χ1) is 10.2. The van der Waals surface area contributed by atoms with Crippen LogP contribution >= 0.6 is 0 Å². The van der Waals surface area contributed by atoms with E-state index in [-0.39, 0.29) is 32.7 Å². The molecule has 3 nitrogen and oxygen atoms in total. The molecule has 22 heavy (non-hydrogen) atoms. The van der Waals surface area contributed by atoms with Crippen molar-refractivity contribution in [2.24, 2.45) is 17.2 Å². The molecule has 0 aromatic heterocycles. The topological polar surface area (TPSA) is 78.1 Å². The second kappa shape index (κ2) is 37.9. The molecule has 0 aliphatic rings. The Labute approximate surface area is 166 Å². The van der Waals surface area contributed by atoms with Crippen LogP contribution in [0.15, 0.2) is 0 Å². The average Bonchev–Trinajstić information content (AvgIpc) is 2.50. The van der Waals surface area contributed by atoms with Gasteiger partial charge in [0.25, 0.3) is 0 Å². The van der Waals surface area contributed by atoms with Gasteiger partial charge in [0.05, 0.1) is 0 Å². The van der Waals surface area contributed by atoms with Gasteiger partial charge in [0.15, 0.2) is 0 Å². The maximum atomic E-state index is 5.25. The van der Waals surface area contributed by atoms with Crippen molar-refractivity contribution in [2.75, 3.05) is 19.6 Å². The zero-order valence-corrected chi connectivity index (χ0v) is 17.9. The fourth-order valence-electron chi connectivity index (χ4n) is 1.49. The van der Waals surface area contributed by atoms with Gasteiger partial charge in [-0.1, -0.05) is 38.5 Å². The SMILES string of the molecule is [CH2-]CCCCCN.[CH2-]CCCCCN.[CH2-]CCCCCN.[Y+3]. The van der Waals surface area contributed by atoms with Gasteiger partial charge in [-0.05, 0) is 38.9 Å². The van der Waals surface area contributed by atoms with E-state index in [0.29, 0.717) is 0 Å². The molecule has 132 valence electrons. The monoisotopic (exact) mass is 389 g/mol. The molecule has 0 aromatic carbocycles. The third kappa shape index (κ3) is 49.7. The van der Waals surface area contributed by atoms with E-state index in [0.717, 1.165) is 58.2 Å². The Balaban J connectivity index is -0.000000108. The normalized spacial score (nSPS) is 9.00. The van der Waals surface area contributed by atoms with Crippen molar-refractivity contribution in [1.82, 2.24) is 0 Å². The van der Waals surface area contributed by atoms with Crippen LogP contribution in [0.3, 0.4) is 0 Å². The molecule has 0 saturated heterocycles. The Morgan fingerprint density at radius 2 is 0.636 bits per heavy atom. The van der Waals surface area contributed by atoms with Crippen molar-refractivity contribution in [3.05, 3.63) is 20.8 Å². The van der Waals surface area contributed by atoms with E-state index < -0.39 is 0 Å². The zero-order chi connectivity index (χ0) is 16.6. The largest absolute Gasteiger partial charge is 3.00 e. The molecule has 0 unspecified atom stereocenters. The van der Waals surface area contributed by atoms with E-state index in [1.165, 1.54) is 38.5 Å². The van der Waals surface area contributed by atoms with Crippen LogP contribution in [-0.2, 0) is 32.7 Å². The van der Waals surface area contributed by atoms with Crippen LogP contribution in [0.1, 0.15) is 77.0 Å². The van der Waals surface area contributed by atoms with E-state index in [1.54, 1.807) is 0 Å². The van der Waals surface area contributed by atoms with Crippen LogP contribution in [0.2, 0.25) is 0 Å². The summed E-state index contributed by atoms with van der Waals surface area (Å²) in [7, 11) is 0. The Morgan fingerprint density at radius 3 is 0.773 bits per heavy atom. The minimum Gasteiger partial charge on any atom is -0.343 e. The van der Waals surface area contributed by atoms with Crippen molar-refractivity contribution in [3.8, 4) is 0 Å². The molecule has 0 amide bonds. The fraction of sp³-hybridized carbons (Fsp3) is 0.833. The first-order valence-electron chi connectivity index (χ1n) is 8.72. The zero-order valence-electron chi connectivity index (χ0n) is 15.0. The molecular formula is C18H42N3Y. The van der Waals surface area contributed by atoms with Gasteiger partial charge in [-0.15, -0.1) is 0 Å². The van der Waals surface area contributed by atoms with E-state index >= 15 is 0 Å². The van der Waals surface area contributed by atoms with Crippen LogP contribution in [0.5, 0.6) is 0 Å². The average molecular weight is 389 g/mol. The Hall–Kier alpha value is 0.984. The summed E-state index contributed by atoms with van der Waals surface area (Å²) in [5, 5.41) is 0. The minimum absolute atomic E-state index is 0. The van der Waals surface area contributed by atoms with Crippen LogP contribution in [0.25, 0.3) is 0 Å². The van der Waals surface area contributed by atoms with E-state index in [2.05, 4.69) is 20.8 Å². The third-order valence-electron chi connectivity index (χ3n) is 2.86. The van der Waals surface area contributed by atoms with Gasteiger partial charge in [0.1, 0.15) is 0 Å². The number of hydrogen-bond acceptors (Lipinski definition) is 3. The van der Waals surface area contributed by atoms with Crippen molar-refractivity contribution in [1.29, 1.82) is 0 Å². The number of rotatable bonds is 12. The maximum Gasteiger partial charge on any atom is 3.00 e. The summed E-state index contributed by atoms with van der Waals surface area (Å²) in [6, 6.07) is 0. The van der Waals surface area contributed by atoms with Gasteiger partial charge in [-0.25, -0.2) is 0 Å². The Bertz CT molecular complexity index is 99.7. The van der Waals surface area contributed by atoms with Gasteiger partial charge >= 0.3 is 32.7 Å². The quantitative estimate of drug-likeness (QED) is 0.348. The summed E-state index contributed by atoms with van der Waals surface area (Å²) in [6.45, 7) is 13.7. The van der Waals surface area contributed by atoms with Crippen molar-refractivity contribution < 1.29 is 32.7 Å². The molecule has 0 heterocycles. The Morgan fingerprint density at radius 1 is 0.409 bits per heavy atom. The summed E-state index contributed by atoms with van der Waals surface area (Å²) in [5.74, 6) is 0. The molecule has 0 aromatic rings. The fourth-order valence-corrected chi connectivity index (χ4v) is 1.49. The summed E-state index contributed by atoms with van der Waals surface area (Å²) < 4.78 is 0. The first-order valence-corrected chi connectivity index (χ1v) is 8.72. The van der Waals surface area contributed by atoms with Gasteiger partial charge in [0.2, 0.25) is 0 Å². The van der Waals surface area contributed by atoms with Crippen LogP contribution in [0, 0.1) is 20.8 Å². The van der Waals surface area contributed by atoms with Gasteiger partial charge in [0, 0.05) is 0 Å². The van der Waals surface area contributed by atoms with Crippen molar-refractivity contribution in [3.63, 3.8) is 0 Å². The third-order valence-corrected chi connectivity index (χ3v) is 2.86. The van der Waals surface area contributed by atoms with E-state index in [9.17, 15) is 0 Å². The second-order valence-corrected chi connectivity index (χ2v) is 5.11. The minimum atomic E-state index is 0. The number of hydrogen-bond donors (Lipinski definition) is 3. The van der Waals surface area contributed by atoms with Gasteiger partial charge < -0.3 is 38.0 Å². The summed E-state index contributed by atoms with van der Waals surface area (Å²) >= 11 is 0. The number of unbranched alkanes of at least 4 members (excludes halogenated alkanes) is 9.